The minimum absolute atomic E-state index is 0.0194. The molecule has 0 saturated carbocycles. The maximum Gasteiger partial charge on any atom is 0.251 e. The van der Waals surface area contributed by atoms with Crippen LogP contribution in [0, 0.1) is 5.92 Å². The SMILES string of the molecule is O=C(NC[C@@H]1CCCN(C(=O)Cn2cnnn2)C1)c1ccc2c(c1)OCO2. The van der Waals surface area contributed by atoms with Gasteiger partial charge in [0.2, 0.25) is 12.7 Å². The monoisotopic (exact) mass is 372 g/mol. The summed E-state index contributed by atoms with van der Waals surface area (Å²) in [6.45, 7) is 2.15. The molecular formula is C17H20N6O4. The Balaban J connectivity index is 1.29. The molecule has 2 aliphatic rings. The number of hydrogen-bond acceptors (Lipinski definition) is 7. The number of hydrogen-bond donors (Lipinski definition) is 1. The third-order valence-electron chi connectivity index (χ3n) is 4.75. The first-order chi connectivity index (χ1) is 13.2. The first kappa shape index (κ1) is 17.3. The lowest BCUT2D eigenvalue weighted by molar-refractivity contribution is -0.133. The van der Waals surface area contributed by atoms with Crippen LogP contribution in [0.2, 0.25) is 0 Å². The van der Waals surface area contributed by atoms with Crippen molar-refractivity contribution >= 4 is 11.8 Å². The van der Waals surface area contributed by atoms with E-state index in [-0.39, 0.29) is 31.1 Å². The number of rotatable bonds is 5. The lowest BCUT2D eigenvalue weighted by Crippen LogP contribution is -2.44. The van der Waals surface area contributed by atoms with Gasteiger partial charge in [0.15, 0.2) is 11.5 Å². The molecule has 142 valence electrons. The highest BCUT2D eigenvalue weighted by atomic mass is 16.7. The number of likely N-dealkylation sites (tertiary alicyclic amines) is 1. The largest absolute Gasteiger partial charge is 0.454 e. The Bertz CT molecular complexity index is 825. The fraction of sp³-hybridized carbons (Fsp3) is 0.471. The van der Waals surface area contributed by atoms with E-state index in [1.807, 2.05) is 4.90 Å². The van der Waals surface area contributed by atoms with E-state index in [0.717, 1.165) is 12.8 Å². The molecule has 1 fully saturated rings. The second kappa shape index (κ2) is 7.60. The van der Waals surface area contributed by atoms with E-state index >= 15 is 0 Å². The summed E-state index contributed by atoms with van der Waals surface area (Å²) in [5.41, 5.74) is 0.529. The summed E-state index contributed by atoms with van der Waals surface area (Å²) in [5.74, 6) is 1.27. The van der Waals surface area contributed by atoms with Gasteiger partial charge in [-0.15, -0.1) is 5.10 Å². The molecule has 0 bridgehead atoms. The summed E-state index contributed by atoms with van der Waals surface area (Å²) < 4.78 is 12.0. The Hall–Kier alpha value is -3.17. The van der Waals surface area contributed by atoms with E-state index in [1.165, 1.54) is 11.0 Å². The molecule has 2 aliphatic heterocycles. The molecule has 1 aromatic heterocycles. The van der Waals surface area contributed by atoms with Crippen molar-refractivity contribution in [3.63, 3.8) is 0 Å². The van der Waals surface area contributed by atoms with Crippen molar-refractivity contribution in [2.75, 3.05) is 26.4 Å². The van der Waals surface area contributed by atoms with Gasteiger partial charge in [-0.3, -0.25) is 9.59 Å². The van der Waals surface area contributed by atoms with Crippen LogP contribution in [0.5, 0.6) is 11.5 Å². The van der Waals surface area contributed by atoms with E-state index in [0.29, 0.717) is 36.7 Å². The Morgan fingerprint density at radius 2 is 2.15 bits per heavy atom. The zero-order chi connectivity index (χ0) is 18.6. The molecule has 10 nitrogen and oxygen atoms in total. The van der Waals surface area contributed by atoms with Crippen LogP contribution in [0.1, 0.15) is 23.2 Å². The van der Waals surface area contributed by atoms with Gasteiger partial charge in [-0.05, 0) is 47.4 Å². The molecule has 0 radical (unpaired) electrons. The molecular weight excluding hydrogens is 352 g/mol. The highest BCUT2D eigenvalue weighted by molar-refractivity contribution is 5.94. The van der Waals surface area contributed by atoms with Crippen LogP contribution < -0.4 is 14.8 Å². The third kappa shape index (κ3) is 3.99. The van der Waals surface area contributed by atoms with Crippen molar-refractivity contribution in [3.05, 3.63) is 30.1 Å². The molecule has 0 spiro atoms. The molecule has 27 heavy (non-hydrogen) atoms. The van der Waals surface area contributed by atoms with Crippen LogP contribution in [0.15, 0.2) is 24.5 Å². The topological polar surface area (TPSA) is 111 Å². The highest BCUT2D eigenvalue weighted by Gasteiger charge is 2.25. The van der Waals surface area contributed by atoms with Gasteiger partial charge in [-0.1, -0.05) is 0 Å². The van der Waals surface area contributed by atoms with E-state index < -0.39 is 0 Å². The molecule has 4 rings (SSSR count). The zero-order valence-electron chi connectivity index (χ0n) is 14.7. The van der Waals surface area contributed by atoms with Gasteiger partial charge < -0.3 is 19.7 Å². The van der Waals surface area contributed by atoms with Crippen LogP contribution in [0.3, 0.4) is 0 Å². The number of amides is 2. The fourth-order valence-electron chi connectivity index (χ4n) is 3.33. The lowest BCUT2D eigenvalue weighted by atomic mass is 9.97. The first-order valence-electron chi connectivity index (χ1n) is 8.85. The molecule has 0 aliphatic carbocycles. The number of benzene rings is 1. The summed E-state index contributed by atoms with van der Waals surface area (Å²) in [7, 11) is 0. The van der Waals surface area contributed by atoms with Gasteiger partial charge in [0, 0.05) is 25.2 Å². The minimum atomic E-state index is -0.162. The maximum absolute atomic E-state index is 12.4. The molecule has 10 heteroatoms. The number of carbonyl (C=O) groups excluding carboxylic acids is 2. The average molecular weight is 372 g/mol. The van der Waals surface area contributed by atoms with Crippen molar-refractivity contribution < 1.29 is 19.1 Å². The molecule has 1 aromatic carbocycles. The molecule has 1 N–H and O–H groups in total. The van der Waals surface area contributed by atoms with Gasteiger partial charge in [0.1, 0.15) is 12.9 Å². The number of carbonyl (C=O) groups is 2. The van der Waals surface area contributed by atoms with Gasteiger partial charge in [-0.2, -0.15) is 0 Å². The van der Waals surface area contributed by atoms with Crippen LogP contribution in [-0.4, -0.2) is 63.3 Å². The Kier molecular flexibility index (Phi) is 4.86. The number of nitrogens with one attached hydrogen (secondary N) is 1. The summed E-state index contributed by atoms with van der Waals surface area (Å²) >= 11 is 0. The third-order valence-corrected chi connectivity index (χ3v) is 4.75. The van der Waals surface area contributed by atoms with Gasteiger partial charge in [0.25, 0.3) is 5.91 Å². The molecule has 2 amide bonds. The minimum Gasteiger partial charge on any atom is -0.454 e. The second-order valence-corrected chi connectivity index (χ2v) is 6.63. The van der Waals surface area contributed by atoms with Crippen molar-refractivity contribution in [2.24, 2.45) is 5.92 Å². The van der Waals surface area contributed by atoms with Crippen molar-refractivity contribution in [3.8, 4) is 11.5 Å². The number of piperidine rings is 1. The van der Waals surface area contributed by atoms with Crippen molar-refractivity contribution in [1.29, 1.82) is 0 Å². The predicted octanol–water partition coefficient (Wildman–Crippen LogP) is 0.0704. The predicted molar refractivity (Wildman–Crippen MR) is 92.0 cm³/mol. The second-order valence-electron chi connectivity index (χ2n) is 6.63. The van der Waals surface area contributed by atoms with Crippen molar-refractivity contribution in [2.45, 2.75) is 19.4 Å². The van der Waals surface area contributed by atoms with Crippen molar-refractivity contribution in [1.82, 2.24) is 30.4 Å². The number of nitrogens with zero attached hydrogens (tertiary/aromatic N) is 5. The normalized spacial score (nSPS) is 18.4. The van der Waals surface area contributed by atoms with E-state index in [4.69, 9.17) is 9.47 Å². The van der Waals surface area contributed by atoms with Gasteiger partial charge in [0.05, 0.1) is 0 Å². The van der Waals surface area contributed by atoms with Crippen LogP contribution in [-0.2, 0) is 11.3 Å². The maximum atomic E-state index is 12.4. The van der Waals surface area contributed by atoms with Crippen LogP contribution in [0.25, 0.3) is 0 Å². The van der Waals surface area contributed by atoms with Gasteiger partial charge >= 0.3 is 0 Å². The molecule has 1 atom stereocenters. The Morgan fingerprint density at radius 3 is 3.00 bits per heavy atom. The van der Waals surface area contributed by atoms with Crippen LogP contribution in [0.4, 0.5) is 0 Å². The summed E-state index contributed by atoms with van der Waals surface area (Å²) in [5, 5.41) is 13.7. The van der Waals surface area contributed by atoms with Gasteiger partial charge in [-0.25, -0.2) is 4.68 Å². The summed E-state index contributed by atoms with van der Waals surface area (Å²) in [6.07, 6.45) is 3.30. The zero-order valence-corrected chi connectivity index (χ0v) is 14.7. The van der Waals surface area contributed by atoms with Crippen LogP contribution >= 0.6 is 0 Å². The molecule has 0 unspecified atom stereocenters. The summed E-state index contributed by atoms with van der Waals surface area (Å²) in [6, 6.07) is 5.13. The Morgan fingerprint density at radius 1 is 1.26 bits per heavy atom. The first-order valence-corrected chi connectivity index (χ1v) is 8.85. The number of tetrazole rings is 1. The average Bonchev–Trinajstić information content (AvgIpc) is 3.37. The Labute approximate surface area is 155 Å². The van der Waals surface area contributed by atoms with E-state index in [9.17, 15) is 9.59 Å². The molecule has 1 saturated heterocycles. The van der Waals surface area contributed by atoms with E-state index in [2.05, 4.69) is 20.8 Å². The number of ether oxygens (including phenoxy) is 2. The van der Waals surface area contributed by atoms with E-state index in [1.54, 1.807) is 18.2 Å². The fourth-order valence-corrected chi connectivity index (χ4v) is 3.33. The standard InChI is InChI=1S/C17H20N6O4/c24-16(9-23-10-19-20-21-23)22-5-1-2-12(8-22)7-18-17(25)13-3-4-14-15(6-13)27-11-26-14/h3-4,6,10,12H,1-2,5,7-9,11H2,(H,18,25)/t12-/m0/s1. The quantitative estimate of drug-likeness (QED) is 0.790. The highest BCUT2D eigenvalue weighted by Crippen LogP contribution is 2.32. The summed E-state index contributed by atoms with van der Waals surface area (Å²) in [4.78, 5) is 26.6. The lowest BCUT2D eigenvalue weighted by Gasteiger charge is -2.32. The number of fused-ring (bicyclic) bond motifs is 1. The smallest absolute Gasteiger partial charge is 0.251 e. The molecule has 3 heterocycles. The molecule has 2 aromatic rings. The number of aromatic nitrogens is 4.